The lowest BCUT2D eigenvalue weighted by Gasteiger charge is -2.13. The molecule has 0 saturated heterocycles. The maximum Gasteiger partial charge on any atom is 0.254 e. The number of rotatable bonds is 4. The topological polar surface area (TPSA) is 58.7 Å². The van der Waals surface area contributed by atoms with Gasteiger partial charge in [0.2, 0.25) is 0 Å². The lowest BCUT2D eigenvalue weighted by atomic mass is 10.2. The third-order valence-electron chi connectivity index (χ3n) is 2.19. The predicted molar refractivity (Wildman–Crippen MR) is 62.4 cm³/mol. The van der Waals surface area contributed by atoms with E-state index >= 15 is 0 Å². The first kappa shape index (κ1) is 12.7. The Balaban J connectivity index is 3.06. The molecule has 0 aliphatic heterocycles. The van der Waals surface area contributed by atoms with Crippen LogP contribution in [-0.2, 0) is 6.54 Å². The zero-order valence-corrected chi connectivity index (χ0v) is 10.2. The van der Waals surface area contributed by atoms with Crippen molar-refractivity contribution in [3.05, 3.63) is 27.4 Å². The van der Waals surface area contributed by atoms with E-state index in [4.69, 9.17) is 16.9 Å². The van der Waals surface area contributed by atoms with Crippen LogP contribution in [0.15, 0.2) is 10.9 Å². The number of aromatic nitrogens is 2. The molecule has 1 aromatic rings. The predicted octanol–water partition coefficient (Wildman–Crippen LogP) is 2.32. The Labute approximate surface area is 99.5 Å². The van der Waals surface area contributed by atoms with Crippen molar-refractivity contribution in [3.8, 4) is 6.07 Å². The highest BCUT2D eigenvalue weighted by Crippen LogP contribution is 2.13. The lowest BCUT2D eigenvalue weighted by Crippen LogP contribution is -2.25. The summed E-state index contributed by atoms with van der Waals surface area (Å²) in [5.41, 5.74) is -0.151. The fourth-order valence-electron chi connectivity index (χ4n) is 1.48. The van der Waals surface area contributed by atoms with E-state index in [9.17, 15) is 4.79 Å². The summed E-state index contributed by atoms with van der Waals surface area (Å²) in [5.74, 6) is 0.809. The summed E-state index contributed by atoms with van der Waals surface area (Å²) >= 11 is 5.75. The quantitative estimate of drug-likeness (QED) is 0.599. The van der Waals surface area contributed by atoms with Crippen molar-refractivity contribution in [2.45, 2.75) is 39.2 Å². The maximum absolute atomic E-state index is 11.7. The van der Waals surface area contributed by atoms with Crippen LogP contribution >= 0.6 is 11.6 Å². The van der Waals surface area contributed by atoms with Gasteiger partial charge in [0, 0.05) is 24.9 Å². The van der Waals surface area contributed by atoms with Gasteiger partial charge in [0.05, 0.1) is 6.07 Å². The van der Waals surface area contributed by atoms with E-state index in [1.54, 1.807) is 4.57 Å². The zero-order valence-electron chi connectivity index (χ0n) is 9.40. The number of halogens is 1. The van der Waals surface area contributed by atoms with Gasteiger partial charge < -0.3 is 0 Å². The molecule has 0 saturated carbocycles. The van der Waals surface area contributed by atoms with Crippen LogP contribution in [-0.4, -0.2) is 9.55 Å². The second-order valence-corrected chi connectivity index (χ2v) is 4.23. The smallest absolute Gasteiger partial charge is 0.254 e. The van der Waals surface area contributed by atoms with Gasteiger partial charge in [-0.2, -0.15) is 5.26 Å². The Kier molecular flexibility index (Phi) is 4.51. The van der Waals surface area contributed by atoms with Gasteiger partial charge in [-0.05, 0) is 6.42 Å². The van der Waals surface area contributed by atoms with E-state index in [0.717, 1.165) is 0 Å². The van der Waals surface area contributed by atoms with Crippen molar-refractivity contribution >= 4 is 11.6 Å². The van der Waals surface area contributed by atoms with Gasteiger partial charge in [0.15, 0.2) is 0 Å². The van der Waals surface area contributed by atoms with Gasteiger partial charge in [-0.1, -0.05) is 25.4 Å². The lowest BCUT2D eigenvalue weighted by molar-refractivity contribution is 0.560. The number of hydrogen-bond acceptors (Lipinski definition) is 3. The molecule has 0 radical (unpaired) electrons. The van der Waals surface area contributed by atoms with Crippen molar-refractivity contribution in [1.82, 2.24) is 9.55 Å². The third kappa shape index (κ3) is 3.07. The molecule has 1 heterocycles. The van der Waals surface area contributed by atoms with E-state index in [2.05, 4.69) is 11.1 Å². The Bertz CT molecular complexity index is 459. The fraction of sp³-hybridized carbons (Fsp3) is 0.545. The molecule has 0 spiro atoms. The van der Waals surface area contributed by atoms with Crippen LogP contribution in [0.25, 0.3) is 0 Å². The van der Waals surface area contributed by atoms with E-state index in [0.29, 0.717) is 25.2 Å². The number of hydrogen-bond donors (Lipinski definition) is 0. The molecule has 5 heteroatoms. The molecule has 4 nitrogen and oxygen atoms in total. The maximum atomic E-state index is 11.7. The average molecular weight is 240 g/mol. The number of nitrogens with zero attached hydrogens (tertiary/aromatic N) is 3. The monoisotopic (exact) mass is 239 g/mol. The van der Waals surface area contributed by atoms with Crippen LogP contribution in [0.5, 0.6) is 0 Å². The van der Waals surface area contributed by atoms with Crippen molar-refractivity contribution in [2.24, 2.45) is 0 Å². The molecule has 0 bridgehead atoms. The minimum absolute atomic E-state index is 0.133. The highest BCUT2D eigenvalue weighted by Gasteiger charge is 2.10. The van der Waals surface area contributed by atoms with Gasteiger partial charge in [0.25, 0.3) is 5.56 Å². The molecular formula is C11H14ClN3O. The molecule has 0 aromatic carbocycles. The van der Waals surface area contributed by atoms with E-state index in [1.807, 2.05) is 13.8 Å². The molecule has 86 valence electrons. The van der Waals surface area contributed by atoms with Crippen LogP contribution in [0, 0.1) is 11.3 Å². The normalized spacial score (nSPS) is 10.4. The third-order valence-corrected chi connectivity index (χ3v) is 2.39. The Morgan fingerprint density at radius 2 is 2.31 bits per heavy atom. The van der Waals surface area contributed by atoms with E-state index in [-0.39, 0.29) is 16.6 Å². The number of unbranched alkanes of at least 4 members (excludes halogenated alkanes) is 1. The van der Waals surface area contributed by atoms with Gasteiger partial charge >= 0.3 is 0 Å². The first-order chi connectivity index (χ1) is 7.56. The summed E-state index contributed by atoms with van der Waals surface area (Å²) in [7, 11) is 0. The molecule has 0 fully saturated rings. The molecule has 1 rings (SSSR count). The van der Waals surface area contributed by atoms with E-state index in [1.165, 1.54) is 6.07 Å². The van der Waals surface area contributed by atoms with Crippen LogP contribution < -0.4 is 5.56 Å². The van der Waals surface area contributed by atoms with Crippen LogP contribution in [0.4, 0.5) is 0 Å². The Hall–Kier alpha value is -1.34. The van der Waals surface area contributed by atoms with Crippen molar-refractivity contribution in [3.63, 3.8) is 0 Å². The van der Waals surface area contributed by atoms with Crippen LogP contribution in [0.1, 0.15) is 38.4 Å². The minimum atomic E-state index is -0.151. The second kappa shape index (κ2) is 5.66. The molecular weight excluding hydrogens is 226 g/mol. The van der Waals surface area contributed by atoms with Gasteiger partial charge in [0.1, 0.15) is 11.0 Å². The first-order valence-electron chi connectivity index (χ1n) is 5.20. The highest BCUT2D eigenvalue weighted by molar-refractivity contribution is 6.29. The number of nitriles is 1. The summed E-state index contributed by atoms with van der Waals surface area (Å²) in [6.07, 6.45) is 1.09. The molecule has 0 aliphatic rings. The summed E-state index contributed by atoms with van der Waals surface area (Å²) < 4.78 is 1.59. The highest BCUT2D eigenvalue weighted by atomic mass is 35.5. The second-order valence-electron chi connectivity index (χ2n) is 3.84. The largest absolute Gasteiger partial charge is 0.296 e. The SMILES string of the molecule is CC(C)c1nc(Cl)cc(=O)n1CCCC#N. The summed E-state index contributed by atoms with van der Waals surface area (Å²) in [6.45, 7) is 4.43. The summed E-state index contributed by atoms with van der Waals surface area (Å²) in [4.78, 5) is 15.9. The molecule has 0 aliphatic carbocycles. The molecule has 0 amide bonds. The summed E-state index contributed by atoms with van der Waals surface area (Å²) in [6, 6.07) is 3.36. The van der Waals surface area contributed by atoms with Gasteiger partial charge in [-0.3, -0.25) is 9.36 Å². The standard InChI is InChI=1S/C11H14ClN3O/c1-8(2)11-14-9(12)7-10(16)15(11)6-4-3-5-13/h7-8H,3-4,6H2,1-2H3. The zero-order chi connectivity index (χ0) is 12.1. The Morgan fingerprint density at radius 3 is 2.88 bits per heavy atom. The van der Waals surface area contributed by atoms with Crippen molar-refractivity contribution in [1.29, 1.82) is 5.26 Å². The van der Waals surface area contributed by atoms with Gasteiger partial charge in [-0.25, -0.2) is 4.98 Å². The van der Waals surface area contributed by atoms with Crippen molar-refractivity contribution in [2.75, 3.05) is 0 Å². The molecule has 16 heavy (non-hydrogen) atoms. The molecule has 0 unspecified atom stereocenters. The molecule has 0 atom stereocenters. The van der Waals surface area contributed by atoms with E-state index < -0.39 is 0 Å². The Morgan fingerprint density at radius 1 is 1.62 bits per heavy atom. The summed E-state index contributed by atoms with van der Waals surface area (Å²) in [5, 5.41) is 8.69. The minimum Gasteiger partial charge on any atom is -0.296 e. The average Bonchev–Trinajstić information content (AvgIpc) is 2.20. The van der Waals surface area contributed by atoms with Crippen LogP contribution in [0.2, 0.25) is 5.15 Å². The first-order valence-corrected chi connectivity index (χ1v) is 5.58. The van der Waals surface area contributed by atoms with Gasteiger partial charge in [-0.15, -0.1) is 0 Å². The van der Waals surface area contributed by atoms with Crippen molar-refractivity contribution < 1.29 is 0 Å². The molecule has 0 N–H and O–H groups in total. The molecule has 1 aromatic heterocycles. The fourth-order valence-corrected chi connectivity index (χ4v) is 1.66. The van der Waals surface area contributed by atoms with Crippen LogP contribution in [0.3, 0.4) is 0 Å².